The van der Waals surface area contributed by atoms with Crippen LogP contribution in [0.3, 0.4) is 0 Å². The highest BCUT2D eigenvalue weighted by molar-refractivity contribution is 9.09. The summed E-state index contributed by atoms with van der Waals surface area (Å²) in [5.74, 6) is -1.39. The van der Waals surface area contributed by atoms with Gasteiger partial charge in [-0.2, -0.15) is 4.79 Å². The molecule has 0 spiro atoms. The standard InChI is InChI=1S/C15H17BrN2O3/c16-10-6-2-5-9-13(19)14(18-17)15(20)21-11-12-7-3-1-4-8-12/h1,3-4,7-8H,2,5-6,9-11H2. The molecule has 0 atom stereocenters. The van der Waals surface area contributed by atoms with E-state index in [1.807, 2.05) is 18.2 Å². The zero-order chi connectivity index (χ0) is 15.5. The van der Waals surface area contributed by atoms with Crippen molar-refractivity contribution >= 4 is 33.4 Å². The summed E-state index contributed by atoms with van der Waals surface area (Å²) in [4.78, 5) is 26.3. The Kier molecular flexibility index (Phi) is 8.24. The highest BCUT2D eigenvalue weighted by Crippen LogP contribution is 2.05. The summed E-state index contributed by atoms with van der Waals surface area (Å²) in [5.41, 5.74) is 9.09. The SMILES string of the molecule is [N-]=[N+]=C(C(=O)CCCCCBr)C(=O)OCc1ccccc1. The number of unbranched alkanes of at least 4 members (excludes halogenated alkanes) is 2. The van der Waals surface area contributed by atoms with Gasteiger partial charge < -0.3 is 10.3 Å². The summed E-state index contributed by atoms with van der Waals surface area (Å²) >= 11 is 3.30. The number of halogens is 1. The van der Waals surface area contributed by atoms with Crippen LogP contribution in [0.25, 0.3) is 5.53 Å². The van der Waals surface area contributed by atoms with Gasteiger partial charge in [-0.15, -0.1) is 0 Å². The second-order valence-corrected chi connectivity index (χ2v) is 5.23. The van der Waals surface area contributed by atoms with Gasteiger partial charge >= 0.3 is 11.7 Å². The highest BCUT2D eigenvalue weighted by Gasteiger charge is 2.30. The van der Waals surface area contributed by atoms with Crippen LogP contribution in [0.1, 0.15) is 31.2 Å². The fourth-order valence-corrected chi connectivity index (χ4v) is 2.07. The van der Waals surface area contributed by atoms with Crippen molar-refractivity contribution in [1.29, 1.82) is 0 Å². The number of carbonyl (C=O) groups is 2. The molecule has 1 aromatic rings. The molecule has 0 radical (unpaired) electrons. The van der Waals surface area contributed by atoms with Gasteiger partial charge in [0.2, 0.25) is 0 Å². The van der Waals surface area contributed by atoms with E-state index < -0.39 is 17.5 Å². The maximum atomic E-state index is 11.8. The smallest absolute Gasteiger partial charge is 0.441 e. The van der Waals surface area contributed by atoms with Gasteiger partial charge in [-0.25, -0.2) is 4.79 Å². The normalized spacial score (nSPS) is 9.76. The largest absolute Gasteiger partial charge is 0.452 e. The molecule has 0 aromatic heterocycles. The molecule has 0 heterocycles. The molecular formula is C15H17BrN2O3. The Balaban J connectivity index is 2.46. The van der Waals surface area contributed by atoms with Crippen molar-refractivity contribution in [3.63, 3.8) is 0 Å². The fourth-order valence-electron chi connectivity index (χ4n) is 1.68. The van der Waals surface area contributed by atoms with E-state index in [-0.39, 0.29) is 13.0 Å². The Morgan fingerprint density at radius 3 is 2.48 bits per heavy atom. The number of esters is 1. The molecule has 0 saturated carbocycles. The van der Waals surface area contributed by atoms with Gasteiger partial charge in [-0.1, -0.05) is 52.7 Å². The first-order chi connectivity index (χ1) is 10.2. The number of benzene rings is 1. The lowest BCUT2D eigenvalue weighted by Crippen LogP contribution is -2.27. The van der Waals surface area contributed by atoms with E-state index in [4.69, 9.17) is 10.3 Å². The molecule has 112 valence electrons. The number of carbonyl (C=O) groups excluding carboxylic acids is 2. The maximum Gasteiger partial charge on any atom is 0.441 e. The molecule has 0 amide bonds. The van der Waals surface area contributed by atoms with Gasteiger partial charge in [0.25, 0.3) is 5.78 Å². The average molecular weight is 353 g/mol. The van der Waals surface area contributed by atoms with Gasteiger partial charge in [0, 0.05) is 11.8 Å². The van der Waals surface area contributed by atoms with Gasteiger partial charge in [0.05, 0.1) is 0 Å². The minimum atomic E-state index is -0.896. The average Bonchev–Trinajstić information content (AvgIpc) is 2.51. The van der Waals surface area contributed by atoms with Crippen LogP contribution in [0, 0.1) is 0 Å². The molecule has 0 saturated heterocycles. The summed E-state index contributed by atoms with van der Waals surface area (Å²) < 4.78 is 4.97. The number of ketones is 1. The zero-order valence-corrected chi connectivity index (χ0v) is 13.2. The minimum absolute atomic E-state index is 0.0373. The lowest BCUT2D eigenvalue weighted by molar-refractivity contribution is -0.143. The van der Waals surface area contributed by atoms with Crippen LogP contribution in [0.15, 0.2) is 30.3 Å². The number of alkyl halides is 1. The predicted octanol–water partition coefficient (Wildman–Crippen LogP) is 2.93. The first-order valence-corrected chi connectivity index (χ1v) is 7.83. The molecule has 1 aromatic carbocycles. The van der Waals surface area contributed by atoms with Crippen molar-refractivity contribution in [3.8, 4) is 0 Å². The number of ether oxygens (including phenoxy) is 1. The van der Waals surface area contributed by atoms with E-state index >= 15 is 0 Å². The molecule has 0 bridgehead atoms. The van der Waals surface area contributed by atoms with Crippen LogP contribution in [0.5, 0.6) is 0 Å². The number of hydrogen-bond acceptors (Lipinski definition) is 3. The molecule has 0 aliphatic heterocycles. The van der Waals surface area contributed by atoms with Crippen molar-refractivity contribution < 1.29 is 19.1 Å². The van der Waals surface area contributed by atoms with E-state index in [2.05, 4.69) is 20.7 Å². The van der Waals surface area contributed by atoms with Crippen LogP contribution in [-0.4, -0.2) is 27.6 Å². The third-order valence-corrected chi connectivity index (χ3v) is 3.37. The third kappa shape index (κ3) is 6.47. The first-order valence-electron chi connectivity index (χ1n) is 6.71. The fraction of sp³-hybridized carbons (Fsp3) is 0.400. The Hall–Kier alpha value is -1.78. The Morgan fingerprint density at radius 1 is 1.14 bits per heavy atom. The molecule has 0 N–H and O–H groups in total. The summed E-state index contributed by atoms with van der Waals surface area (Å²) in [7, 11) is 0. The topological polar surface area (TPSA) is 79.8 Å². The van der Waals surface area contributed by atoms with Crippen molar-refractivity contribution in [2.24, 2.45) is 0 Å². The second kappa shape index (κ2) is 10.0. The monoisotopic (exact) mass is 352 g/mol. The van der Waals surface area contributed by atoms with E-state index in [9.17, 15) is 9.59 Å². The van der Waals surface area contributed by atoms with E-state index in [0.717, 1.165) is 23.7 Å². The van der Waals surface area contributed by atoms with E-state index in [1.54, 1.807) is 12.1 Å². The third-order valence-electron chi connectivity index (χ3n) is 2.81. The zero-order valence-electron chi connectivity index (χ0n) is 11.6. The van der Waals surface area contributed by atoms with Crippen molar-refractivity contribution in [2.75, 3.05) is 5.33 Å². The molecule has 6 heteroatoms. The van der Waals surface area contributed by atoms with Gasteiger partial charge in [0.1, 0.15) is 6.61 Å². The number of nitrogens with zero attached hydrogens (tertiary/aromatic N) is 2. The molecule has 21 heavy (non-hydrogen) atoms. The molecular weight excluding hydrogens is 336 g/mol. The molecule has 0 unspecified atom stereocenters. The molecule has 5 nitrogen and oxygen atoms in total. The van der Waals surface area contributed by atoms with Crippen molar-refractivity contribution in [1.82, 2.24) is 0 Å². The molecule has 0 fully saturated rings. The van der Waals surface area contributed by atoms with Crippen molar-refractivity contribution in [2.45, 2.75) is 32.3 Å². The Bertz CT molecular complexity index is 525. The minimum Gasteiger partial charge on any atom is -0.452 e. The summed E-state index contributed by atoms with van der Waals surface area (Å²) in [6.45, 7) is 0.0373. The van der Waals surface area contributed by atoms with E-state index in [1.165, 1.54) is 0 Å². The summed E-state index contributed by atoms with van der Waals surface area (Å²) in [5, 5.41) is 0.876. The quantitative estimate of drug-likeness (QED) is 0.130. The molecule has 0 aliphatic carbocycles. The maximum absolute atomic E-state index is 11.8. The number of hydrogen-bond donors (Lipinski definition) is 0. The predicted molar refractivity (Wildman–Crippen MR) is 82.1 cm³/mol. The number of Topliss-reactive ketones (excluding diaryl/α,β-unsaturated/α-hetero) is 1. The van der Waals surface area contributed by atoms with Crippen LogP contribution >= 0.6 is 15.9 Å². The lowest BCUT2D eigenvalue weighted by atomic mass is 10.1. The van der Waals surface area contributed by atoms with Gasteiger partial charge in [-0.3, -0.25) is 4.79 Å². The second-order valence-electron chi connectivity index (χ2n) is 4.43. The summed E-state index contributed by atoms with van der Waals surface area (Å²) in [6, 6.07) is 9.08. The Morgan fingerprint density at radius 2 is 1.86 bits per heavy atom. The van der Waals surface area contributed by atoms with E-state index in [0.29, 0.717) is 6.42 Å². The summed E-state index contributed by atoms with van der Waals surface area (Å²) in [6.07, 6.45) is 2.65. The van der Waals surface area contributed by atoms with Crippen LogP contribution < -0.4 is 0 Å². The molecule has 0 aliphatic rings. The van der Waals surface area contributed by atoms with Crippen LogP contribution in [0.2, 0.25) is 0 Å². The van der Waals surface area contributed by atoms with Crippen LogP contribution in [-0.2, 0) is 20.9 Å². The van der Waals surface area contributed by atoms with Crippen molar-refractivity contribution in [3.05, 3.63) is 41.4 Å². The Labute approximate surface area is 132 Å². The highest BCUT2D eigenvalue weighted by atomic mass is 79.9. The lowest BCUT2D eigenvalue weighted by Gasteiger charge is -2.02. The van der Waals surface area contributed by atoms with Gasteiger partial charge in [0.15, 0.2) is 0 Å². The first kappa shape index (κ1) is 17.3. The number of rotatable bonds is 9. The van der Waals surface area contributed by atoms with Crippen LogP contribution in [0.4, 0.5) is 0 Å². The van der Waals surface area contributed by atoms with Gasteiger partial charge in [-0.05, 0) is 18.4 Å². The molecule has 1 rings (SSSR count).